The molecule has 0 spiro atoms. The number of nitrogens with zero attached hydrogens (tertiary/aromatic N) is 3. The van der Waals surface area contributed by atoms with Crippen molar-refractivity contribution in [1.29, 1.82) is 0 Å². The van der Waals surface area contributed by atoms with Crippen molar-refractivity contribution >= 4 is 23.2 Å². The zero-order valence-electron chi connectivity index (χ0n) is 15.0. The number of halogens is 1. The molecule has 0 saturated heterocycles. The number of carbonyl (C=O) groups is 2. The third-order valence-electron chi connectivity index (χ3n) is 4.51. The molecule has 2 aromatic rings. The minimum absolute atomic E-state index is 0.0352. The second kappa shape index (κ2) is 7.95. The van der Waals surface area contributed by atoms with Crippen LogP contribution in [0, 0.1) is 5.82 Å². The smallest absolute Gasteiger partial charge is 0.282 e. The maximum Gasteiger partial charge on any atom is 0.282 e. The number of thiazole rings is 1. The molecule has 0 aliphatic carbocycles. The van der Waals surface area contributed by atoms with Gasteiger partial charge in [0.25, 0.3) is 5.91 Å². The van der Waals surface area contributed by atoms with Crippen LogP contribution >= 0.6 is 11.3 Å². The molecule has 2 heterocycles. The van der Waals surface area contributed by atoms with Crippen LogP contribution in [0.15, 0.2) is 24.3 Å². The van der Waals surface area contributed by atoms with Crippen LogP contribution in [0.25, 0.3) is 0 Å². The maximum absolute atomic E-state index is 13.7. The van der Waals surface area contributed by atoms with Crippen LogP contribution in [0.5, 0.6) is 0 Å². The SMILES string of the molecule is CN(C)C(=O)c1nc2c(s1)CCN(C(=O)CCc1ccccc1F)CC2. The summed E-state index contributed by atoms with van der Waals surface area (Å²) in [6.45, 7) is 1.20. The van der Waals surface area contributed by atoms with Gasteiger partial charge in [-0.2, -0.15) is 0 Å². The van der Waals surface area contributed by atoms with Gasteiger partial charge < -0.3 is 9.80 Å². The number of aromatic nitrogens is 1. The van der Waals surface area contributed by atoms with E-state index in [9.17, 15) is 14.0 Å². The van der Waals surface area contributed by atoms with E-state index in [2.05, 4.69) is 4.98 Å². The number of hydrogen-bond donors (Lipinski definition) is 0. The Balaban J connectivity index is 1.59. The highest BCUT2D eigenvalue weighted by Crippen LogP contribution is 2.24. The zero-order valence-corrected chi connectivity index (χ0v) is 15.8. The van der Waals surface area contributed by atoms with E-state index in [1.165, 1.54) is 22.3 Å². The van der Waals surface area contributed by atoms with Crippen molar-refractivity contribution in [3.05, 3.63) is 51.2 Å². The first kappa shape index (κ1) is 18.5. The highest BCUT2D eigenvalue weighted by atomic mass is 32.1. The van der Waals surface area contributed by atoms with Gasteiger partial charge in [-0.25, -0.2) is 9.37 Å². The first-order chi connectivity index (χ1) is 12.5. The summed E-state index contributed by atoms with van der Waals surface area (Å²) < 4.78 is 13.7. The number of rotatable bonds is 4. The van der Waals surface area contributed by atoms with Gasteiger partial charge in [0.05, 0.1) is 5.69 Å². The molecule has 1 aromatic heterocycles. The predicted molar refractivity (Wildman–Crippen MR) is 98.8 cm³/mol. The van der Waals surface area contributed by atoms with Gasteiger partial charge in [-0.1, -0.05) is 18.2 Å². The largest absolute Gasteiger partial charge is 0.343 e. The number of benzene rings is 1. The first-order valence-corrected chi connectivity index (χ1v) is 9.48. The molecule has 1 aliphatic rings. The Labute approximate surface area is 156 Å². The monoisotopic (exact) mass is 375 g/mol. The summed E-state index contributed by atoms with van der Waals surface area (Å²) in [7, 11) is 3.43. The summed E-state index contributed by atoms with van der Waals surface area (Å²) in [6.07, 6.45) is 2.06. The summed E-state index contributed by atoms with van der Waals surface area (Å²) in [5.74, 6) is -0.311. The molecule has 0 N–H and O–H groups in total. The van der Waals surface area contributed by atoms with Crippen LogP contribution in [-0.4, -0.2) is 53.8 Å². The molecule has 0 fully saturated rings. The number of fused-ring (bicyclic) bond motifs is 1. The standard InChI is InChI=1S/C19H22FN3O2S/c1-22(2)19(25)18-21-15-9-11-23(12-10-16(15)26-18)17(24)8-7-13-5-3-4-6-14(13)20/h3-6H,7-12H2,1-2H3. The molecule has 2 amide bonds. The second-order valence-corrected chi connectivity index (χ2v) is 7.64. The lowest BCUT2D eigenvalue weighted by Crippen LogP contribution is -2.33. The number of amides is 2. The summed E-state index contributed by atoms with van der Waals surface area (Å²) in [4.78, 5) is 33.4. The minimum Gasteiger partial charge on any atom is -0.343 e. The fraction of sp³-hybridized carbons (Fsp3) is 0.421. The average molecular weight is 375 g/mol. The lowest BCUT2D eigenvalue weighted by Gasteiger charge is -2.20. The van der Waals surface area contributed by atoms with E-state index in [1.54, 1.807) is 32.3 Å². The number of aryl methyl sites for hydroxylation is 1. The summed E-state index contributed by atoms with van der Waals surface area (Å²) in [5.41, 5.74) is 1.49. The van der Waals surface area contributed by atoms with Gasteiger partial charge in [-0.05, 0) is 18.1 Å². The van der Waals surface area contributed by atoms with Gasteiger partial charge in [0, 0.05) is 51.3 Å². The fourth-order valence-corrected chi connectivity index (χ4v) is 4.11. The van der Waals surface area contributed by atoms with Gasteiger partial charge >= 0.3 is 0 Å². The van der Waals surface area contributed by atoms with Crippen LogP contribution in [0.3, 0.4) is 0 Å². The third-order valence-corrected chi connectivity index (χ3v) is 5.66. The third kappa shape index (κ3) is 4.09. The van der Waals surface area contributed by atoms with E-state index >= 15 is 0 Å². The fourth-order valence-electron chi connectivity index (χ4n) is 3.00. The zero-order chi connectivity index (χ0) is 18.7. The first-order valence-electron chi connectivity index (χ1n) is 8.67. The molecule has 0 atom stereocenters. The van der Waals surface area contributed by atoms with Crippen molar-refractivity contribution in [3.63, 3.8) is 0 Å². The Morgan fingerprint density at radius 1 is 1.23 bits per heavy atom. The molecule has 0 radical (unpaired) electrons. The van der Waals surface area contributed by atoms with E-state index in [4.69, 9.17) is 0 Å². The maximum atomic E-state index is 13.7. The van der Waals surface area contributed by atoms with E-state index in [-0.39, 0.29) is 17.6 Å². The van der Waals surface area contributed by atoms with E-state index < -0.39 is 0 Å². The molecule has 7 heteroatoms. The lowest BCUT2D eigenvalue weighted by molar-refractivity contribution is -0.131. The molecule has 0 saturated carbocycles. The summed E-state index contributed by atoms with van der Waals surface area (Å²) in [5, 5.41) is 0.513. The normalized spacial score (nSPS) is 13.9. The Morgan fingerprint density at radius 3 is 2.69 bits per heavy atom. The molecular formula is C19H22FN3O2S. The molecular weight excluding hydrogens is 353 g/mol. The molecule has 26 heavy (non-hydrogen) atoms. The molecule has 138 valence electrons. The Bertz CT molecular complexity index is 793. The predicted octanol–water partition coefficient (Wildman–Crippen LogP) is 2.54. The van der Waals surface area contributed by atoms with Gasteiger partial charge in [0.15, 0.2) is 5.01 Å². The van der Waals surface area contributed by atoms with Crippen LogP contribution in [0.4, 0.5) is 4.39 Å². The van der Waals surface area contributed by atoms with Crippen molar-refractivity contribution in [2.75, 3.05) is 27.2 Å². The quantitative estimate of drug-likeness (QED) is 0.825. The number of hydrogen-bond acceptors (Lipinski definition) is 4. The molecule has 0 bridgehead atoms. The second-order valence-electron chi connectivity index (χ2n) is 6.56. The van der Waals surface area contributed by atoms with E-state index in [1.807, 2.05) is 4.90 Å². The average Bonchev–Trinajstić information content (AvgIpc) is 2.93. The Morgan fingerprint density at radius 2 is 1.96 bits per heavy atom. The van der Waals surface area contributed by atoms with Gasteiger partial charge in [-0.3, -0.25) is 9.59 Å². The highest BCUT2D eigenvalue weighted by molar-refractivity contribution is 7.13. The van der Waals surface area contributed by atoms with Gasteiger partial charge in [0.2, 0.25) is 5.91 Å². The van der Waals surface area contributed by atoms with E-state index in [0.717, 1.165) is 10.6 Å². The summed E-state index contributed by atoms with van der Waals surface area (Å²) in [6, 6.07) is 6.57. The van der Waals surface area contributed by atoms with E-state index in [0.29, 0.717) is 49.3 Å². The Kier molecular flexibility index (Phi) is 5.66. The van der Waals surface area contributed by atoms with Crippen molar-refractivity contribution in [3.8, 4) is 0 Å². The Hall–Kier alpha value is -2.28. The van der Waals surface area contributed by atoms with Crippen molar-refractivity contribution in [2.45, 2.75) is 25.7 Å². The highest BCUT2D eigenvalue weighted by Gasteiger charge is 2.23. The van der Waals surface area contributed by atoms with Crippen molar-refractivity contribution in [1.82, 2.24) is 14.8 Å². The minimum atomic E-state index is -0.263. The molecule has 5 nitrogen and oxygen atoms in total. The molecule has 0 unspecified atom stereocenters. The molecule has 1 aliphatic heterocycles. The lowest BCUT2D eigenvalue weighted by atomic mass is 10.1. The van der Waals surface area contributed by atoms with Crippen LogP contribution < -0.4 is 0 Å². The number of carbonyl (C=O) groups excluding carboxylic acids is 2. The van der Waals surface area contributed by atoms with Crippen molar-refractivity contribution < 1.29 is 14.0 Å². The van der Waals surface area contributed by atoms with Crippen LogP contribution in [0.2, 0.25) is 0 Å². The molecule has 3 rings (SSSR count). The topological polar surface area (TPSA) is 53.5 Å². The van der Waals surface area contributed by atoms with Crippen LogP contribution in [-0.2, 0) is 24.1 Å². The molecule has 1 aromatic carbocycles. The summed E-state index contributed by atoms with van der Waals surface area (Å²) >= 11 is 1.42. The van der Waals surface area contributed by atoms with Gasteiger partial charge in [0.1, 0.15) is 5.82 Å². The van der Waals surface area contributed by atoms with Crippen molar-refractivity contribution in [2.24, 2.45) is 0 Å². The van der Waals surface area contributed by atoms with Gasteiger partial charge in [-0.15, -0.1) is 11.3 Å². The van der Waals surface area contributed by atoms with Crippen LogP contribution in [0.1, 0.15) is 32.4 Å².